The van der Waals surface area contributed by atoms with Crippen LogP contribution in [0, 0.1) is 5.82 Å². The van der Waals surface area contributed by atoms with E-state index in [0.717, 1.165) is 17.1 Å². The molecule has 1 amide bonds. The minimum absolute atomic E-state index is 0.224. The van der Waals surface area contributed by atoms with Gasteiger partial charge in [0.05, 0.1) is 35.6 Å². The number of aromatic nitrogens is 3. The lowest BCUT2D eigenvalue weighted by Gasteiger charge is -2.21. The Balaban J connectivity index is 1.62. The van der Waals surface area contributed by atoms with E-state index in [1.54, 1.807) is 53.3 Å². The molecule has 2 aromatic carbocycles. The highest BCUT2D eigenvalue weighted by Gasteiger charge is 2.22. The maximum atomic E-state index is 13.9. The monoisotopic (exact) mass is 598 g/mol. The Hall–Kier alpha value is -3.31. The fraction of sp³-hybridized carbons (Fsp3) is 0.367. The first-order valence-corrected chi connectivity index (χ1v) is 17.6. The third-order valence-corrected chi connectivity index (χ3v) is 8.66. The zero-order chi connectivity index (χ0) is 29.7. The van der Waals surface area contributed by atoms with Gasteiger partial charge in [-0.05, 0) is 42.8 Å². The number of pyridine rings is 1. The third kappa shape index (κ3) is 7.31. The molecule has 0 bridgehead atoms. The average molecular weight is 599 g/mol. The number of aliphatic hydroxyl groups excluding tert-OH is 1. The van der Waals surface area contributed by atoms with E-state index in [1.807, 2.05) is 6.92 Å². The molecule has 0 atom stereocenters. The van der Waals surface area contributed by atoms with Gasteiger partial charge in [-0.2, -0.15) is 5.10 Å². The number of rotatable bonds is 12. The van der Waals surface area contributed by atoms with Crippen molar-refractivity contribution in [1.29, 1.82) is 0 Å². The number of ether oxygens (including phenoxy) is 2. The van der Waals surface area contributed by atoms with Gasteiger partial charge in [0, 0.05) is 56.5 Å². The van der Waals surface area contributed by atoms with Crippen molar-refractivity contribution in [2.75, 3.05) is 20.3 Å². The van der Waals surface area contributed by atoms with Gasteiger partial charge in [0.15, 0.2) is 0 Å². The van der Waals surface area contributed by atoms with Crippen LogP contribution >= 0.6 is 11.6 Å². The van der Waals surface area contributed by atoms with Gasteiger partial charge < -0.3 is 19.5 Å². The minimum Gasteiger partial charge on any atom is -0.493 e. The SMILES string of the molecule is CCOc1cc(C(=O)N(C)Cc2cnc(CO)c3cnn(COCC[Si](C)(C)C)c23)cc(Cl)c1-c1cccc(F)c1. The van der Waals surface area contributed by atoms with E-state index >= 15 is 0 Å². The molecule has 41 heavy (non-hydrogen) atoms. The van der Waals surface area contributed by atoms with Crippen molar-refractivity contribution in [2.45, 2.75) is 52.5 Å². The van der Waals surface area contributed by atoms with Crippen LogP contribution in [0.3, 0.4) is 0 Å². The Morgan fingerprint density at radius 2 is 1.98 bits per heavy atom. The lowest BCUT2D eigenvalue weighted by atomic mass is 10.0. The van der Waals surface area contributed by atoms with Crippen molar-refractivity contribution < 1.29 is 23.8 Å². The standard InChI is InChI=1S/C30H36ClFN4O4Si/c1-6-40-27-14-21(13-25(31)28(27)20-8-7-9-23(32)12-20)30(38)35(2)17-22-15-33-26(18-37)24-16-34-36(29(22)24)19-39-10-11-41(3,4)5/h7-9,12-16,37H,6,10-11,17-19H2,1-5H3. The highest BCUT2D eigenvalue weighted by molar-refractivity contribution is 6.76. The number of aliphatic hydroxyl groups is 1. The van der Waals surface area contributed by atoms with Crippen LogP contribution in [-0.4, -0.2) is 59.0 Å². The van der Waals surface area contributed by atoms with Gasteiger partial charge in [-0.15, -0.1) is 0 Å². The van der Waals surface area contributed by atoms with Crippen molar-refractivity contribution in [3.63, 3.8) is 0 Å². The third-order valence-electron chi connectivity index (χ3n) is 6.66. The maximum Gasteiger partial charge on any atom is 0.254 e. The van der Waals surface area contributed by atoms with Crippen LogP contribution in [-0.2, 0) is 24.6 Å². The molecule has 4 aromatic rings. The Morgan fingerprint density at radius 3 is 2.66 bits per heavy atom. The predicted octanol–water partition coefficient (Wildman–Crippen LogP) is 6.37. The maximum absolute atomic E-state index is 13.9. The van der Waals surface area contributed by atoms with E-state index in [9.17, 15) is 14.3 Å². The Labute approximate surface area is 245 Å². The van der Waals surface area contributed by atoms with Gasteiger partial charge >= 0.3 is 0 Å². The molecular weight excluding hydrogens is 563 g/mol. The van der Waals surface area contributed by atoms with Crippen molar-refractivity contribution in [2.24, 2.45) is 0 Å². The quantitative estimate of drug-likeness (QED) is 0.151. The molecule has 2 heterocycles. The second kappa shape index (κ2) is 13.1. The molecule has 4 rings (SSSR count). The molecule has 0 fully saturated rings. The van der Waals surface area contributed by atoms with Crippen LogP contribution < -0.4 is 4.74 Å². The number of amides is 1. The van der Waals surface area contributed by atoms with Gasteiger partial charge in [-0.25, -0.2) is 9.07 Å². The summed E-state index contributed by atoms with van der Waals surface area (Å²) in [6, 6.07) is 10.3. The molecule has 0 aliphatic rings. The summed E-state index contributed by atoms with van der Waals surface area (Å²) in [7, 11) is 0.447. The van der Waals surface area contributed by atoms with Gasteiger partial charge in [0.2, 0.25) is 0 Å². The fourth-order valence-electron chi connectivity index (χ4n) is 4.54. The number of carbonyl (C=O) groups excluding carboxylic acids is 1. The second-order valence-electron chi connectivity index (χ2n) is 11.1. The summed E-state index contributed by atoms with van der Waals surface area (Å²) in [5.74, 6) is -0.281. The summed E-state index contributed by atoms with van der Waals surface area (Å²) in [5.41, 5.74) is 3.44. The molecule has 11 heteroatoms. The van der Waals surface area contributed by atoms with Crippen LogP contribution in [0.15, 0.2) is 48.8 Å². The summed E-state index contributed by atoms with van der Waals surface area (Å²) in [4.78, 5) is 19.6. The lowest BCUT2D eigenvalue weighted by Crippen LogP contribution is -2.27. The average Bonchev–Trinajstić information content (AvgIpc) is 3.35. The highest BCUT2D eigenvalue weighted by atomic mass is 35.5. The van der Waals surface area contributed by atoms with E-state index in [1.165, 1.54) is 12.1 Å². The Kier molecular flexibility index (Phi) is 9.80. The molecule has 0 aliphatic heterocycles. The van der Waals surface area contributed by atoms with Gasteiger partial charge in [-0.1, -0.05) is 43.4 Å². The van der Waals surface area contributed by atoms with Crippen molar-refractivity contribution in [3.8, 4) is 16.9 Å². The van der Waals surface area contributed by atoms with Crippen LogP contribution in [0.4, 0.5) is 4.39 Å². The van der Waals surface area contributed by atoms with Gasteiger partial charge in [-0.3, -0.25) is 9.78 Å². The molecule has 1 N–H and O–H groups in total. The van der Waals surface area contributed by atoms with Crippen molar-refractivity contribution >= 4 is 36.5 Å². The Bertz CT molecular complexity index is 1540. The molecule has 0 spiro atoms. The van der Waals surface area contributed by atoms with Gasteiger partial charge in [0.25, 0.3) is 5.91 Å². The van der Waals surface area contributed by atoms with Crippen LogP contribution in [0.2, 0.25) is 30.7 Å². The Morgan fingerprint density at radius 1 is 1.20 bits per heavy atom. The number of benzene rings is 2. The molecule has 218 valence electrons. The number of fused-ring (bicyclic) bond motifs is 1. The van der Waals surface area contributed by atoms with Gasteiger partial charge in [0.1, 0.15) is 18.3 Å². The zero-order valence-electron chi connectivity index (χ0n) is 24.1. The summed E-state index contributed by atoms with van der Waals surface area (Å²) in [6.07, 6.45) is 3.32. The molecule has 0 unspecified atom stereocenters. The van der Waals surface area contributed by atoms with E-state index in [2.05, 4.69) is 29.7 Å². The van der Waals surface area contributed by atoms with E-state index < -0.39 is 13.9 Å². The summed E-state index contributed by atoms with van der Waals surface area (Å²) in [6.45, 7) is 9.94. The number of halogens is 2. The van der Waals surface area contributed by atoms with E-state index in [4.69, 9.17) is 21.1 Å². The zero-order valence-corrected chi connectivity index (χ0v) is 25.8. The van der Waals surface area contributed by atoms with Crippen LogP contribution in [0.25, 0.3) is 22.0 Å². The molecule has 2 aromatic heterocycles. The lowest BCUT2D eigenvalue weighted by molar-refractivity contribution is 0.0781. The molecule has 0 saturated carbocycles. The molecule has 8 nitrogen and oxygen atoms in total. The number of nitrogens with zero attached hydrogens (tertiary/aromatic N) is 4. The number of hydrogen-bond donors (Lipinski definition) is 1. The first-order chi connectivity index (χ1) is 19.5. The first-order valence-electron chi connectivity index (χ1n) is 13.5. The predicted molar refractivity (Wildman–Crippen MR) is 161 cm³/mol. The van der Waals surface area contributed by atoms with E-state index in [0.29, 0.717) is 46.7 Å². The molecule has 0 radical (unpaired) electrons. The van der Waals surface area contributed by atoms with Crippen molar-refractivity contribution in [1.82, 2.24) is 19.7 Å². The normalized spacial score (nSPS) is 11.7. The summed E-state index contributed by atoms with van der Waals surface area (Å²) >= 11 is 6.64. The number of carbonyl (C=O) groups is 1. The van der Waals surface area contributed by atoms with Crippen LogP contribution in [0.5, 0.6) is 5.75 Å². The first kappa shape index (κ1) is 30.6. The fourth-order valence-corrected chi connectivity index (χ4v) is 5.61. The highest BCUT2D eigenvalue weighted by Crippen LogP contribution is 2.38. The second-order valence-corrected chi connectivity index (χ2v) is 17.1. The van der Waals surface area contributed by atoms with E-state index in [-0.39, 0.29) is 30.8 Å². The molecular formula is C30H36ClFN4O4Si. The number of hydrogen-bond acceptors (Lipinski definition) is 6. The topological polar surface area (TPSA) is 89.7 Å². The smallest absolute Gasteiger partial charge is 0.254 e. The van der Waals surface area contributed by atoms with Crippen molar-refractivity contribution in [3.05, 3.63) is 76.5 Å². The molecule has 0 saturated heterocycles. The summed E-state index contributed by atoms with van der Waals surface area (Å²) in [5, 5.41) is 15.3. The largest absolute Gasteiger partial charge is 0.493 e. The molecule has 0 aliphatic carbocycles. The minimum atomic E-state index is -1.24. The van der Waals surface area contributed by atoms with Crippen LogP contribution in [0.1, 0.15) is 28.5 Å². The summed E-state index contributed by atoms with van der Waals surface area (Å²) < 4.78 is 27.4.